The van der Waals surface area contributed by atoms with E-state index in [-0.39, 0.29) is 0 Å². The number of nitrogens with one attached hydrogen (secondary N) is 1. The van der Waals surface area contributed by atoms with Crippen LogP contribution in [0.3, 0.4) is 0 Å². The molecular formula is C20H31NO2. The molecule has 0 unspecified atom stereocenters. The lowest BCUT2D eigenvalue weighted by atomic mass is 9.90. The van der Waals surface area contributed by atoms with Crippen molar-refractivity contribution < 1.29 is 9.47 Å². The normalized spacial score (nSPS) is 20.5. The number of rotatable bonds is 7. The summed E-state index contributed by atoms with van der Waals surface area (Å²) in [5, 5.41) is 3.42. The van der Waals surface area contributed by atoms with Crippen LogP contribution in [0.4, 0.5) is 0 Å². The Morgan fingerprint density at radius 1 is 0.870 bits per heavy atom. The van der Waals surface area contributed by atoms with Gasteiger partial charge in [-0.15, -0.1) is 0 Å². The predicted octanol–water partition coefficient (Wildman–Crippen LogP) is 4.27. The molecule has 128 valence electrons. The SMILES string of the molecule is c1cc(C2CCNCC2)ccc1OCCCOC1CCCCC1. The Bertz CT molecular complexity index is 433. The Kier molecular flexibility index (Phi) is 6.78. The highest BCUT2D eigenvalue weighted by molar-refractivity contribution is 5.29. The van der Waals surface area contributed by atoms with Gasteiger partial charge in [0, 0.05) is 6.42 Å². The Morgan fingerprint density at radius 2 is 1.61 bits per heavy atom. The van der Waals surface area contributed by atoms with E-state index in [0.29, 0.717) is 12.0 Å². The average molecular weight is 317 g/mol. The fraction of sp³-hybridized carbons (Fsp3) is 0.700. The Labute approximate surface area is 140 Å². The monoisotopic (exact) mass is 317 g/mol. The molecule has 0 radical (unpaired) electrons. The molecule has 1 aromatic carbocycles. The van der Waals surface area contributed by atoms with Gasteiger partial charge in [-0.2, -0.15) is 0 Å². The summed E-state index contributed by atoms with van der Waals surface area (Å²) < 4.78 is 11.8. The highest BCUT2D eigenvalue weighted by atomic mass is 16.5. The second-order valence-electron chi connectivity index (χ2n) is 6.93. The molecule has 0 bridgehead atoms. The number of hydrogen-bond acceptors (Lipinski definition) is 3. The van der Waals surface area contributed by atoms with E-state index in [2.05, 4.69) is 29.6 Å². The first-order valence-corrected chi connectivity index (χ1v) is 9.47. The number of hydrogen-bond donors (Lipinski definition) is 1. The van der Waals surface area contributed by atoms with Gasteiger partial charge in [0.25, 0.3) is 0 Å². The predicted molar refractivity (Wildman–Crippen MR) is 94.2 cm³/mol. The maximum Gasteiger partial charge on any atom is 0.119 e. The lowest BCUT2D eigenvalue weighted by molar-refractivity contribution is 0.0226. The summed E-state index contributed by atoms with van der Waals surface area (Å²) in [5.41, 5.74) is 1.46. The van der Waals surface area contributed by atoms with Crippen molar-refractivity contribution in [3.63, 3.8) is 0 Å². The Balaban J connectivity index is 1.32. The lowest BCUT2D eigenvalue weighted by Crippen LogP contribution is -2.26. The van der Waals surface area contributed by atoms with Gasteiger partial charge in [0.05, 0.1) is 19.3 Å². The van der Waals surface area contributed by atoms with E-state index < -0.39 is 0 Å². The average Bonchev–Trinajstić information content (AvgIpc) is 2.64. The first kappa shape index (κ1) is 16.8. The molecule has 2 fully saturated rings. The van der Waals surface area contributed by atoms with Crippen LogP contribution in [0.25, 0.3) is 0 Å². The smallest absolute Gasteiger partial charge is 0.119 e. The van der Waals surface area contributed by atoms with Crippen LogP contribution >= 0.6 is 0 Å². The van der Waals surface area contributed by atoms with Gasteiger partial charge in [0.15, 0.2) is 0 Å². The van der Waals surface area contributed by atoms with Gasteiger partial charge in [-0.1, -0.05) is 31.4 Å². The van der Waals surface area contributed by atoms with Crippen LogP contribution in [-0.2, 0) is 4.74 Å². The molecule has 0 amide bonds. The van der Waals surface area contributed by atoms with E-state index in [4.69, 9.17) is 9.47 Å². The van der Waals surface area contributed by atoms with Crippen molar-refractivity contribution >= 4 is 0 Å². The fourth-order valence-corrected chi connectivity index (χ4v) is 3.72. The minimum Gasteiger partial charge on any atom is -0.494 e. The molecule has 1 aromatic rings. The highest BCUT2D eigenvalue weighted by Crippen LogP contribution is 2.26. The summed E-state index contributed by atoms with van der Waals surface area (Å²) in [4.78, 5) is 0. The minimum absolute atomic E-state index is 0.507. The van der Waals surface area contributed by atoms with E-state index in [9.17, 15) is 0 Å². The van der Waals surface area contributed by atoms with Crippen molar-refractivity contribution in [3.05, 3.63) is 29.8 Å². The molecule has 23 heavy (non-hydrogen) atoms. The summed E-state index contributed by atoms with van der Waals surface area (Å²) in [6.45, 7) is 3.87. The molecule has 1 aliphatic heterocycles. The van der Waals surface area contributed by atoms with Crippen LogP contribution in [0, 0.1) is 0 Å². The van der Waals surface area contributed by atoms with Crippen LogP contribution in [0.2, 0.25) is 0 Å². The molecule has 3 rings (SSSR count). The van der Waals surface area contributed by atoms with Gasteiger partial charge in [0.2, 0.25) is 0 Å². The molecular weight excluding hydrogens is 286 g/mol. The lowest BCUT2D eigenvalue weighted by Gasteiger charge is -2.23. The molecule has 1 N–H and O–H groups in total. The quantitative estimate of drug-likeness (QED) is 0.762. The molecule has 1 heterocycles. The van der Waals surface area contributed by atoms with Gasteiger partial charge >= 0.3 is 0 Å². The van der Waals surface area contributed by atoms with Crippen LogP contribution in [0.5, 0.6) is 5.75 Å². The van der Waals surface area contributed by atoms with Gasteiger partial charge < -0.3 is 14.8 Å². The Morgan fingerprint density at radius 3 is 2.35 bits per heavy atom. The zero-order valence-corrected chi connectivity index (χ0v) is 14.3. The molecule has 3 heteroatoms. The largest absolute Gasteiger partial charge is 0.494 e. The van der Waals surface area contributed by atoms with Crippen molar-refractivity contribution in [2.75, 3.05) is 26.3 Å². The second kappa shape index (κ2) is 9.29. The van der Waals surface area contributed by atoms with Crippen molar-refractivity contribution in [2.45, 2.75) is 63.4 Å². The Hall–Kier alpha value is -1.06. The molecule has 2 aliphatic rings. The fourth-order valence-electron chi connectivity index (χ4n) is 3.72. The molecule has 1 saturated heterocycles. The van der Waals surface area contributed by atoms with Crippen LogP contribution < -0.4 is 10.1 Å². The first-order chi connectivity index (χ1) is 11.4. The molecule has 0 aromatic heterocycles. The zero-order valence-electron chi connectivity index (χ0n) is 14.3. The summed E-state index contributed by atoms with van der Waals surface area (Å²) in [6, 6.07) is 8.73. The standard InChI is InChI=1S/C20H31NO2/c1-2-5-19(6-3-1)22-15-4-16-23-20-9-7-17(8-10-20)18-11-13-21-14-12-18/h7-10,18-19,21H,1-6,11-16H2. The van der Waals surface area contributed by atoms with Crippen molar-refractivity contribution in [3.8, 4) is 5.75 Å². The molecule has 0 atom stereocenters. The van der Waals surface area contributed by atoms with Crippen LogP contribution in [-0.4, -0.2) is 32.4 Å². The second-order valence-corrected chi connectivity index (χ2v) is 6.93. The maximum atomic E-state index is 5.93. The van der Waals surface area contributed by atoms with E-state index >= 15 is 0 Å². The molecule has 1 saturated carbocycles. The topological polar surface area (TPSA) is 30.5 Å². The van der Waals surface area contributed by atoms with Crippen molar-refractivity contribution in [1.82, 2.24) is 5.32 Å². The van der Waals surface area contributed by atoms with Crippen LogP contribution in [0.15, 0.2) is 24.3 Å². The summed E-state index contributed by atoms with van der Waals surface area (Å²) in [6.07, 6.45) is 10.5. The van der Waals surface area contributed by atoms with Crippen molar-refractivity contribution in [2.24, 2.45) is 0 Å². The summed E-state index contributed by atoms with van der Waals surface area (Å²) >= 11 is 0. The molecule has 3 nitrogen and oxygen atoms in total. The molecule has 0 spiro atoms. The number of piperidine rings is 1. The van der Waals surface area contributed by atoms with E-state index in [0.717, 1.165) is 38.5 Å². The highest BCUT2D eigenvalue weighted by Gasteiger charge is 2.15. The summed E-state index contributed by atoms with van der Waals surface area (Å²) in [5.74, 6) is 1.70. The van der Waals surface area contributed by atoms with Crippen molar-refractivity contribution in [1.29, 1.82) is 0 Å². The summed E-state index contributed by atoms with van der Waals surface area (Å²) in [7, 11) is 0. The number of ether oxygens (including phenoxy) is 2. The third-order valence-electron chi connectivity index (χ3n) is 5.15. The van der Waals surface area contributed by atoms with Gasteiger partial charge in [0.1, 0.15) is 5.75 Å². The first-order valence-electron chi connectivity index (χ1n) is 9.47. The third-order valence-corrected chi connectivity index (χ3v) is 5.15. The van der Waals surface area contributed by atoms with E-state index in [1.165, 1.54) is 50.5 Å². The zero-order chi connectivity index (χ0) is 15.7. The third kappa shape index (κ3) is 5.50. The maximum absolute atomic E-state index is 5.93. The van der Waals surface area contributed by atoms with E-state index in [1.807, 2.05) is 0 Å². The van der Waals surface area contributed by atoms with Gasteiger partial charge in [-0.25, -0.2) is 0 Å². The number of benzene rings is 1. The van der Waals surface area contributed by atoms with E-state index in [1.54, 1.807) is 0 Å². The van der Waals surface area contributed by atoms with Crippen LogP contribution in [0.1, 0.15) is 62.8 Å². The van der Waals surface area contributed by atoms with Gasteiger partial charge in [-0.05, 0) is 62.4 Å². The van der Waals surface area contributed by atoms with Gasteiger partial charge in [-0.3, -0.25) is 0 Å². The molecule has 1 aliphatic carbocycles. The minimum atomic E-state index is 0.507.